The van der Waals surface area contributed by atoms with Crippen LogP contribution in [0.5, 0.6) is 0 Å². The average Bonchev–Trinajstić information content (AvgIpc) is 2.05. The summed E-state index contributed by atoms with van der Waals surface area (Å²) in [4.78, 5) is 6.83. The molecule has 0 saturated heterocycles. The molecule has 0 fully saturated rings. The van der Waals surface area contributed by atoms with Crippen LogP contribution in [-0.4, -0.2) is 10.9 Å². The number of aromatic nitrogens is 1. The number of aliphatic imine (C=N–C) groups is 1. The average molecular weight is 239 g/mol. The zero-order chi connectivity index (χ0) is 11.6. The third-order valence-corrected chi connectivity index (χ3v) is 1.66. The lowest BCUT2D eigenvalue weighted by atomic mass is 10.3. The van der Waals surface area contributed by atoms with Gasteiger partial charge in [-0.2, -0.15) is 18.2 Å². The van der Waals surface area contributed by atoms with Crippen LogP contribution in [0.15, 0.2) is 17.3 Å². The van der Waals surface area contributed by atoms with Crippen LogP contribution in [0.4, 0.5) is 19.0 Å². The lowest BCUT2D eigenvalue weighted by molar-refractivity contribution is -0.137. The highest BCUT2D eigenvalue weighted by Crippen LogP contribution is 2.32. The van der Waals surface area contributed by atoms with Crippen molar-refractivity contribution in [1.82, 2.24) is 4.98 Å². The number of nitrogens with zero attached hydrogens (tertiary/aromatic N) is 2. The van der Waals surface area contributed by atoms with Crippen LogP contribution in [0.3, 0.4) is 0 Å². The van der Waals surface area contributed by atoms with Crippen LogP contribution in [-0.2, 0) is 6.18 Å². The first kappa shape index (κ1) is 11.6. The summed E-state index contributed by atoms with van der Waals surface area (Å²) in [7, 11) is 0. The Hall–Kier alpha value is -1.50. The lowest BCUT2D eigenvalue weighted by Crippen LogP contribution is -2.22. The van der Waals surface area contributed by atoms with Crippen LogP contribution in [0, 0.1) is 0 Å². The highest BCUT2D eigenvalue weighted by molar-refractivity contribution is 6.32. The maximum Gasteiger partial charge on any atom is 0.417 e. The smallest absolute Gasteiger partial charge is 0.370 e. The minimum atomic E-state index is -4.49. The van der Waals surface area contributed by atoms with Crippen LogP contribution in [0.2, 0.25) is 5.02 Å². The van der Waals surface area contributed by atoms with E-state index in [0.29, 0.717) is 12.3 Å². The molecule has 4 nitrogen and oxygen atoms in total. The van der Waals surface area contributed by atoms with Gasteiger partial charge < -0.3 is 11.5 Å². The van der Waals surface area contributed by atoms with Gasteiger partial charge in [0.15, 0.2) is 11.8 Å². The molecule has 1 aromatic heterocycles. The molecular weight excluding hydrogens is 233 g/mol. The Bertz CT molecular complexity index is 398. The number of alkyl halides is 3. The van der Waals surface area contributed by atoms with E-state index >= 15 is 0 Å². The maximum atomic E-state index is 12.2. The van der Waals surface area contributed by atoms with E-state index in [1.807, 2.05) is 0 Å². The van der Waals surface area contributed by atoms with Crippen molar-refractivity contribution in [2.75, 3.05) is 0 Å². The SMILES string of the molecule is NC(N)=Nc1ncc(C(F)(F)F)cc1Cl. The summed E-state index contributed by atoms with van der Waals surface area (Å²) >= 11 is 5.50. The van der Waals surface area contributed by atoms with Gasteiger partial charge in [0.2, 0.25) is 0 Å². The zero-order valence-electron chi connectivity index (χ0n) is 7.22. The standard InChI is InChI=1S/C7H6ClF3N4/c8-4-1-3(7(9,10)11)2-14-5(4)15-6(12)13/h1-2H,(H4,12,13,14,15). The fourth-order valence-corrected chi connectivity index (χ4v) is 0.999. The summed E-state index contributed by atoms with van der Waals surface area (Å²) in [6.45, 7) is 0. The molecular formula is C7H6ClF3N4. The van der Waals surface area contributed by atoms with Crippen molar-refractivity contribution in [2.45, 2.75) is 6.18 Å². The summed E-state index contributed by atoms with van der Waals surface area (Å²) in [6.07, 6.45) is -3.89. The third kappa shape index (κ3) is 2.98. The van der Waals surface area contributed by atoms with Gasteiger partial charge in [-0.15, -0.1) is 0 Å². The number of halogens is 4. The third-order valence-electron chi connectivity index (χ3n) is 1.38. The van der Waals surface area contributed by atoms with Gasteiger partial charge in [-0.1, -0.05) is 11.6 Å². The highest BCUT2D eigenvalue weighted by atomic mass is 35.5. The predicted molar refractivity (Wildman–Crippen MR) is 49.7 cm³/mol. The van der Waals surface area contributed by atoms with E-state index < -0.39 is 11.7 Å². The molecule has 1 aromatic rings. The number of nitrogens with two attached hydrogens (primary N) is 2. The fraction of sp³-hybridized carbons (Fsp3) is 0.143. The summed E-state index contributed by atoms with van der Waals surface area (Å²) < 4.78 is 36.5. The first-order valence-corrected chi connectivity index (χ1v) is 4.01. The van der Waals surface area contributed by atoms with Crippen molar-refractivity contribution in [3.63, 3.8) is 0 Å². The van der Waals surface area contributed by atoms with E-state index in [-0.39, 0.29) is 16.8 Å². The molecule has 82 valence electrons. The Morgan fingerprint density at radius 1 is 1.40 bits per heavy atom. The van der Waals surface area contributed by atoms with Crippen LogP contribution in [0.25, 0.3) is 0 Å². The Balaban J connectivity index is 3.15. The summed E-state index contributed by atoms with van der Waals surface area (Å²) in [5.74, 6) is -0.478. The van der Waals surface area contributed by atoms with Crippen molar-refractivity contribution in [1.29, 1.82) is 0 Å². The van der Waals surface area contributed by atoms with Gasteiger partial charge in [-0.05, 0) is 6.07 Å². The van der Waals surface area contributed by atoms with Crippen molar-refractivity contribution in [2.24, 2.45) is 16.5 Å². The predicted octanol–water partition coefficient (Wildman–Crippen LogP) is 1.66. The lowest BCUT2D eigenvalue weighted by Gasteiger charge is -2.06. The molecule has 1 heterocycles. The molecule has 0 radical (unpaired) electrons. The Labute approximate surface area is 87.8 Å². The molecule has 0 aliphatic carbocycles. The first-order valence-electron chi connectivity index (χ1n) is 3.63. The van der Waals surface area contributed by atoms with E-state index in [0.717, 1.165) is 0 Å². The molecule has 15 heavy (non-hydrogen) atoms. The van der Waals surface area contributed by atoms with Crippen molar-refractivity contribution in [3.8, 4) is 0 Å². The first-order chi connectivity index (χ1) is 6.80. The van der Waals surface area contributed by atoms with Crippen LogP contribution >= 0.6 is 11.6 Å². The Morgan fingerprint density at radius 2 is 2.00 bits per heavy atom. The molecule has 0 atom stereocenters. The number of pyridine rings is 1. The summed E-state index contributed by atoms with van der Waals surface area (Å²) in [6, 6.07) is 0.705. The monoisotopic (exact) mass is 238 g/mol. The van der Waals surface area contributed by atoms with Gasteiger partial charge in [0.25, 0.3) is 0 Å². The molecule has 4 N–H and O–H groups in total. The minimum Gasteiger partial charge on any atom is -0.370 e. The topological polar surface area (TPSA) is 77.3 Å². The molecule has 8 heteroatoms. The van der Waals surface area contributed by atoms with Crippen molar-refractivity contribution < 1.29 is 13.2 Å². The summed E-state index contributed by atoms with van der Waals surface area (Å²) in [5.41, 5.74) is 9.09. The minimum absolute atomic E-state index is 0.148. The van der Waals surface area contributed by atoms with E-state index in [4.69, 9.17) is 23.1 Å². The van der Waals surface area contributed by atoms with Crippen molar-refractivity contribution >= 4 is 23.4 Å². The van der Waals surface area contributed by atoms with Gasteiger partial charge >= 0.3 is 6.18 Å². The zero-order valence-corrected chi connectivity index (χ0v) is 7.97. The Kier molecular flexibility index (Phi) is 3.04. The second-order valence-electron chi connectivity index (χ2n) is 2.56. The van der Waals surface area contributed by atoms with E-state index in [1.165, 1.54) is 0 Å². The van der Waals surface area contributed by atoms with E-state index in [2.05, 4.69) is 9.98 Å². The normalized spacial score (nSPS) is 11.2. The fourth-order valence-electron chi connectivity index (χ4n) is 0.790. The molecule has 0 amide bonds. The molecule has 0 saturated carbocycles. The highest BCUT2D eigenvalue weighted by Gasteiger charge is 2.31. The Morgan fingerprint density at radius 3 is 2.40 bits per heavy atom. The largest absolute Gasteiger partial charge is 0.417 e. The van der Waals surface area contributed by atoms with Crippen LogP contribution < -0.4 is 11.5 Å². The number of guanidine groups is 1. The van der Waals surface area contributed by atoms with Crippen LogP contribution in [0.1, 0.15) is 5.56 Å². The maximum absolute atomic E-state index is 12.2. The summed E-state index contributed by atoms with van der Waals surface area (Å²) in [5, 5.41) is -0.266. The molecule has 0 bridgehead atoms. The number of hydrogen-bond donors (Lipinski definition) is 2. The molecule has 0 aliphatic heterocycles. The van der Waals surface area contributed by atoms with E-state index in [1.54, 1.807) is 0 Å². The molecule has 0 aliphatic rings. The van der Waals surface area contributed by atoms with Gasteiger partial charge in [0.1, 0.15) is 0 Å². The molecule has 0 unspecified atom stereocenters. The number of hydrogen-bond acceptors (Lipinski definition) is 2. The second-order valence-corrected chi connectivity index (χ2v) is 2.97. The van der Waals surface area contributed by atoms with Gasteiger partial charge in [0.05, 0.1) is 10.6 Å². The van der Waals surface area contributed by atoms with Gasteiger partial charge in [0, 0.05) is 6.20 Å². The second kappa shape index (κ2) is 3.93. The van der Waals surface area contributed by atoms with Crippen molar-refractivity contribution in [3.05, 3.63) is 22.8 Å². The number of rotatable bonds is 1. The molecule has 1 rings (SSSR count). The quantitative estimate of drug-likeness (QED) is 0.577. The van der Waals surface area contributed by atoms with Gasteiger partial charge in [-0.25, -0.2) is 4.98 Å². The molecule has 0 aromatic carbocycles. The van der Waals surface area contributed by atoms with E-state index in [9.17, 15) is 13.2 Å². The van der Waals surface area contributed by atoms with Gasteiger partial charge in [-0.3, -0.25) is 0 Å². The molecule has 0 spiro atoms.